The van der Waals surface area contributed by atoms with Crippen molar-refractivity contribution in [3.05, 3.63) is 0 Å². The lowest BCUT2D eigenvalue weighted by Crippen LogP contribution is -2.65. The second-order valence-electron chi connectivity index (χ2n) is 23.0. The smallest absolute Gasteiger partial charge is 0.186 e. The Morgan fingerprint density at radius 1 is 0.565 bits per heavy atom. The summed E-state index contributed by atoms with van der Waals surface area (Å²) < 4.78 is 44.0. The zero-order chi connectivity index (χ0) is 44.9. The molecule has 24 atom stereocenters. The van der Waals surface area contributed by atoms with E-state index in [1.807, 2.05) is 0 Å². The van der Waals surface area contributed by atoms with Gasteiger partial charge in [0.15, 0.2) is 18.9 Å². The maximum absolute atomic E-state index is 12.3. The lowest BCUT2D eigenvalue weighted by molar-refractivity contribution is -0.359. The van der Waals surface area contributed by atoms with Crippen LogP contribution < -0.4 is 0 Å². The van der Waals surface area contributed by atoms with Gasteiger partial charge in [-0.1, -0.05) is 27.7 Å². The van der Waals surface area contributed by atoms with Gasteiger partial charge in [-0.2, -0.15) is 0 Å². The van der Waals surface area contributed by atoms with Gasteiger partial charge < -0.3 is 84.2 Å². The minimum atomic E-state index is -1.65. The summed E-state index contributed by atoms with van der Waals surface area (Å²) in [5, 5.41) is 109. The van der Waals surface area contributed by atoms with Crippen molar-refractivity contribution in [3.63, 3.8) is 0 Å². The van der Waals surface area contributed by atoms with Gasteiger partial charge in [-0.05, 0) is 117 Å². The van der Waals surface area contributed by atoms with Crippen LogP contribution in [0.4, 0.5) is 0 Å². The van der Waals surface area contributed by atoms with Gasteiger partial charge in [-0.25, -0.2) is 0 Å². The second-order valence-corrected chi connectivity index (χ2v) is 23.0. The molecule has 2 spiro atoms. The number of aliphatic hydroxyl groups excluding tert-OH is 9. The second kappa shape index (κ2) is 15.4. The zero-order valence-electron chi connectivity index (χ0n) is 37.3. The average Bonchev–Trinajstić information content (AvgIpc) is 3.56. The first kappa shape index (κ1) is 46.4. The van der Waals surface area contributed by atoms with E-state index in [1.165, 1.54) is 0 Å². The van der Waals surface area contributed by atoms with E-state index in [2.05, 4.69) is 34.6 Å². The molecule has 62 heavy (non-hydrogen) atoms. The number of fused-ring (bicyclic) bond motifs is 2. The highest BCUT2D eigenvalue weighted by atomic mass is 16.8. The third kappa shape index (κ3) is 6.72. The van der Waals surface area contributed by atoms with E-state index in [-0.39, 0.29) is 65.3 Å². The molecule has 5 saturated carbocycles. The third-order valence-corrected chi connectivity index (χ3v) is 18.9. The van der Waals surface area contributed by atoms with Crippen LogP contribution >= 0.6 is 0 Å². The molecule has 0 aromatic carbocycles. The van der Waals surface area contributed by atoms with Crippen molar-refractivity contribution in [2.75, 3.05) is 19.8 Å². The number of rotatable bonds is 8. The van der Waals surface area contributed by atoms with Gasteiger partial charge >= 0.3 is 0 Å². The van der Waals surface area contributed by atoms with Crippen LogP contribution in [0.15, 0.2) is 0 Å². The van der Waals surface area contributed by atoms with Crippen LogP contribution in [0.5, 0.6) is 0 Å². The Labute approximate surface area is 363 Å². The molecule has 4 saturated heterocycles. The fourth-order valence-corrected chi connectivity index (χ4v) is 15.8. The van der Waals surface area contributed by atoms with Crippen molar-refractivity contribution in [1.82, 2.24) is 0 Å². The molecular formula is C45H74O17. The molecule has 17 nitrogen and oxygen atoms in total. The largest absolute Gasteiger partial charge is 0.393 e. The quantitative estimate of drug-likeness (QED) is 0.142. The molecular weight excluding hydrogens is 812 g/mol. The van der Waals surface area contributed by atoms with Crippen LogP contribution in [-0.4, -0.2) is 180 Å². The molecule has 17 heteroatoms. The monoisotopic (exact) mass is 886 g/mol. The lowest BCUT2D eigenvalue weighted by atomic mass is 9.41. The van der Waals surface area contributed by atoms with Crippen molar-refractivity contribution in [1.29, 1.82) is 0 Å². The summed E-state index contributed by atoms with van der Waals surface area (Å²) in [5.41, 5.74) is -3.33. The summed E-state index contributed by atoms with van der Waals surface area (Å²) >= 11 is 0. The topological polar surface area (TPSA) is 267 Å². The summed E-state index contributed by atoms with van der Waals surface area (Å²) in [7, 11) is 0. The molecule has 0 aromatic heterocycles. The molecule has 4 aliphatic heterocycles. The Morgan fingerprint density at radius 3 is 1.74 bits per heavy atom. The predicted octanol–water partition coefficient (Wildman–Crippen LogP) is -0.173. The number of aliphatic hydroxyl groups is 10. The molecule has 0 radical (unpaired) electrons. The molecule has 356 valence electrons. The highest BCUT2D eigenvalue weighted by Gasteiger charge is 2.85. The first-order valence-corrected chi connectivity index (χ1v) is 23.2. The Bertz CT molecular complexity index is 1660. The lowest BCUT2D eigenvalue weighted by Gasteiger charge is -2.65. The van der Waals surface area contributed by atoms with Crippen LogP contribution in [0.3, 0.4) is 0 Å². The van der Waals surface area contributed by atoms with Crippen molar-refractivity contribution in [2.24, 2.45) is 44.8 Å². The Hall–Kier alpha value is -0.680. The minimum absolute atomic E-state index is 0.0927. The summed E-state index contributed by atoms with van der Waals surface area (Å²) in [4.78, 5) is 0. The molecule has 9 fully saturated rings. The van der Waals surface area contributed by atoms with Gasteiger partial charge in [0.2, 0.25) is 0 Å². The number of ether oxygens (including phenoxy) is 7. The van der Waals surface area contributed by atoms with Crippen molar-refractivity contribution in [2.45, 2.75) is 216 Å². The fourth-order valence-electron chi connectivity index (χ4n) is 15.8. The molecule has 0 unspecified atom stereocenters. The van der Waals surface area contributed by atoms with Crippen LogP contribution in [0, 0.1) is 44.8 Å². The van der Waals surface area contributed by atoms with E-state index < -0.39 is 109 Å². The van der Waals surface area contributed by atoms with Crippen molar-refractivity contribution >= 4 is 0 Å². The average molecular weight is 887 g/mol. The van der Waals surface area contributed by atoms with E-state index >= 15 is 0 Å². The first-order chi connectivity index (χ1) is 28.8. The van der Waals surface area contributed by atoms with Crippen molar-refractivity contribution in [3.8, 4) is 0 Å². The van der Waals surface area contributed by atoms with E-state index in [1.54, 1.807) is 13.8 Å². The summed E-state index contributed by atoms with van der Waals surface area (Å²) in [6, 6.07) is 0. The Kier molecular flexibility index (Phi) is 11.5. The van der Waals surface area contributed by atoms with E-state index in [9.17, 15) is 51.1 Å². The summed E-state index contributed by atoms with van der Waals surface area (Å²) in [5.74, 6) is -0.256. The van der Waals surface area contributed by atoms with Gasteiger partial charge in [0.25, 0.3) is 0 Å². The van der Waals surface area contributed by atoms with E-state index in [0.717, 1.165) is 32.1 Å². The van der Waals surface area contributed by atoms with Gasteiger partial charge in [0.05, 0.1) is 55.4 Å². The molecule has 0 amide bonds. The zero-order valence-corrected chi connectivity index (χ0v) is 37.3. The van der Waals surface area contributed by atoms with Crippen LogP contribution in [0.1, 0.15) is 106 Å². The molecule has 4 heterocycles. The molecule has 9 aliphatic rings. The fraction of sp³-hybridized carbons (Fsp3) is 1.00. The first-order valence-electron chi connectivity index (χ1n) is 23.2. The standard InChI is InChI=1S/C45H74O17/c1-39(2)26(60-38-33(30(52)23(49)18-58-38)61-37-32(54)29(51)22(48)17-57-37)9-11-45-19-44(45)13-12-41(5)34(43(7)10-8-27(62-43)40(3,4)55)20(46)15-42(41,6)25(44)14-24(35(39)45)59-36-31(53)28(50)21(47)16-56-36/h20-38,46-55H,8-19H2,1-7H3/t20-,21+,22+,23+,24+,25+,26-,27+,28+,29+,30+,31+,32+,33+,34-,35-,36+,37+,38+,41-,42+,43-,44+,45+/m1/s1. The number of hydrogen-bond donors (Lipinski definition) is 10. The summed E-state index contributed by atoms with van der Waals surface area (Å²) in [6.45, 7) is 13.8. The van der Waals surface area contributed by atoms with Crippen molar-refractivity contribution < 1.29 is 84.2 Å². The van der Waals surface area contributed by atoms with Gasteiger partial charge in [-0.15, -0.1) is 0 Å². The molecule has 5 aliphatic carbocycles. The van der Waals surface area contributed by atoms with E-state index in [0.29, 0.717) is 25.7 Å². The summed E-state index contributed by atoms with van der Waals surface area (Å²) in [6.07, 6.45) is -12.2. The number of hydrogen-bond acceptors (Lipinski definition) is 17. The SMILES string of the molecule is CC(C)(O)[C@@H]1CC[C@](C)([C@@H]2[C@H](O)C[C@@]3(C)[C@@H]4C[C@H](O[C@@H]5OC[C@H](O)[C@H](O)[C@@H]5O)[C@@H]5C(C)(C)[C@H](O[C@@H]6OC[C@H](O)[C@H](O)[C@@H]6O[C@@H]6OC[C@H](O)[C@H](O)[C@@H]6O)CC[C@]56C[C@@]46CC[C@]23C)O1. The molecule has 0 bridgehead atoms. The third-order valence-electron chi connectivity index (χ3n) is 18.9. The molecule has 9 rings (SSSR count). The maximum Gasteiger partial charge on any atom is 0.186 e. The highest BCUT2D eigenvalue weighted by Crippen LogP contribution is 2.89. The maximum atomic E-state index is 12.3. The molecule has 10 N–H and O–H groups in total. The van der Waals surface area contributed by atoms with E-state index in [4.69, 9.17) is 33.2 Å². The Balaban J connectivity index is 1.03. The van der Waals surface area contributed by atoms with Crippen LogP contribution in [0.2, 0.25) is 0 Å². The molecule has 0 aromatic rings. The van der Waals surface area contributed by atoms with Gasteiger partial charge in [0.1, 0.15) is 54.9 Å². The van der Waals surface area contributed by atoms with Crippen LogP contribution in [0.25, 0.3) is 0 Å². The van der Waals surface area contributed by atoms with Gasteiger partial charge in [0, 0.05) is 5.92 Å². The van der Waals surface area contributed by atoms with Gasteiger partial charge in [-0.3, -0.25) is 0 Å². The highest BCUT2D eigenvalue weighted by molar-refractivity contribution is 5.33. The Morgan fingerprint density at radius 2 is 1.15 bits per heavy atom. The predicted molar refractivity (Wildman–Crippen MR) is 214 cm³/mol. The normalized spacial score (nSPS) is 58.5. The van der Waals surface area contributed by atoms with Crippen LogP contribution in [-0.2, 0) is 33.2 Å². The minimum Gasteiger partial charge on any atom is -0.393 e.